The van der Waals surface area contributed by atoms with Crippen LogP contribution >= 0.6 is 0 Å². The number of anilines is 1. The Balaban J connectivity index is 2.11. The van der Waals surface area contributed by atoms with E-state index >= 15 is 0 Å². The van der Waals surface area contributed by atoms with Crippen LogP contribution in [-0.4, -0.2) is 45.9 Å². The molecule has 1 N–H and O–H groups in total. The van der Waals surface area contributed by atoms with Gasteiger partial charge in [-0.05, 0) is 29.8 Å². The van der Waals surface area contributed by atoms with Gasteiger partial charge >= 0.3 is 16.1 Å². The number of carbonyl (C=O) groups is 1. The lowest BCUT2D eigenvalue weighted by molar-refractivity contribution is 0.153. The first-order valence-electron chi connectivity index (χ1n) is 7.96. The van der Waals surface area contributed by atoms with E-state index < -0.39 is 10.1 Å². The predicted octanol–water partition coefficient (Wildman–Crippen LogP) is 2.71. The number of benzene rings is 2. The monoisotopic (exact) mass is 378 g/mol. The molecule has 0 unspecified atom stereocenters. The number of urea groups is 1. The maximum Gasteiger partial charge on any atom is 0.322 e. The first-order valence-corrected chi connectivity index (χ1v) is 9.77. The van der Waals surface area contributed by atoms with Gasteiger partial charge in [-0.3, -0.25) is 0 Å². The molecular weight excluding hydrogens is 356 g/mol. The van der Waals surface area contributed by atoms with Crippen molar-refractivity contribution in [1.29, 1.82) is 0 Å². The molecule has 0 aliphatic rings. The second-order valence-electron chi connectivity index (χ2n) is 5.65. The Bertz CT molecular complexity index is 824. The molecule has 0 radical (unpaired) electrons. The van der Waals surface area contributed by atoms with Crippen LogP contribution in [-0.2, 0) is 21.4 Å². The molecular formula is C18H22N2O5S. The third kappa shape index (κ3) is 6.73. The van der Waals surface area contributed by atoms with E-state index in [1.165, 1.54) is 0 Å². The van der Waals surface area contributed by atoms with Gasteiger partial charge in [-0.15, -0.1) is 0 Å². The molecule has 140 valence electrons. The van der Waals surface area contributed by atoms with Crippen molar-refractivity contribution in [3.8, 4) is 5.75 Å². The summed E-state index contributed by atoms with van der Waals surface area (Å²) in [4.78, 5) is 14.1. The molecule has 0 spiro atoms. The highest BCUT2D eigenvalue weighted by Gasteiger charge is 2.15. The van der Waals surface area contributed by atoms with Gasteiger partial charge in [-0.1, -0.05) is 30.3 Å². The molecule has 0 bridgehead atoms. The van der Waals surface area contributed by atoms with Crippen LogP contribution in [0.5, 0.6) is 5.75 Å². The second-order valence-corrected chi connectivity index (χ2v) is 7.22. The normalized spacial score (nSPS) is 11.0. The smallest absolute Gasteiger partial charge is 0.322 e. The van der Waals surface area contributed by atoms with Crippen molar-refractivity contribution < 1.29 is 22.1 Å². The molecule has 8 heteroatoms. The molecule has 26 heavy (non-hydrogen) atoms. The Morgan fingerprint density at radius 1 is 1.12 bits per heavy atom. The molecule has 0 aromatic heterocycles. The average Bonchev–Trinajstić information content (AvgIpc) is 2.58. The molecule has 0 aliphatic heterocycles. The van der Waals surface area contributed by atoms with Gasteiger partial charge in [0.15, 0.2) is 0 Å². The zero-order valence-corrected chi connectivity index (χ0v) is 15.5. The summed E-state index contributed by atoms with van der Waals surface area (Å²) in [6, 6.07) is 15.5. The summed E-state index contributed by atoms with van der Waals surface area (Å²) in [7, 11) is -2.04. The zero-order chi connectivity index (χ0) is 19.0. The molecule has 0 heterocycles. The van der Waals surface area contributed by atoms with Gasteiger partial charge in [0.2, 0.25) is 0 Å². The third-order valence-corrected chi connectivity index (χ3v) is 3.89. The second kappa shape index (κ2) is 9.21. The van der Waals surface area contributed by atoms with Gasteiger partial charge in [0.25, 0.3) is 0 Å². The van der Waals surface area contributed by atoms with Crippen LogP contribution in [0.25, 0.3) is 0 Å². The lowest BCUT2D eigenvalue weighted by Crippen LogP contribution is -2.36. The van der Waals surface area contributed by atoms with Gasteiger partial charge in [0.1, 0.15) is 5.75 Å². The van der Waals surface area contributed by atoms with Crippen LogP contribution in [0.1, 0.15) is 5.56 Å². The lowest BCUT2D eigenvalue weighted by atomic mass is 10.2. The molecule has 0 saturated heterocycles. The van der Waals surface area contributed by atoms with Crippen molar-refractivity contribution in [2.75, 3.05) is 31.8 Å². The quantitative estimate of drug-likeness (QED) is 0.714. The molecule has 0 saturated carbocycles. The largest absolute Gasteiger partial charge is 0.383 e. The van der Waals surface area contributed by atoms with Crippen LogP contribution in [0, 0.1) is 0 Å². The van der Waals surface area contributed by atoms with Gasteiger partial charge in [-0.25, -0.2) is 4.79 Å². The summed E-state index contributed by atoms with van der Waals surface area (Å²) >= 11 is 0. The first kappa shape index (κ1) is 19.7. The molecule has 2 rings (SSSR count). The highest BCUT2D eigenvalue weighted by molar-refractivity contribution is 7.86. The van der Waals surface area contributed by atoms with E-state index in [9.17, 15) is 13.2 Å². The highest BCUT2D eigenvalue weighted by atomic mass is 32.2. The van der Waals surface area contributed by atoms with Crippen molar-refractivity contribution in [2.45, 2.75) is 6.54 Å². The summed E-state index contributed by atoms with van der Waals surface area (Å²) < 4.78 is 32.5. The Morgan fingerprint density at radius 2 is 1.85 bits per heavy atom. The minimum absolute atomic E-state index is 0.208. The summed E-state index contributed by atoms with van der Waals surface area (Å²) in [6.07, 6.45) is 0.984. The van der Waals surface area contributed by atoms with Gasteiger partial charge in [-0.2, -0.15) is 8.42 Å². The molecule has 0 aliphatic carbocycles. The fourth-order valence-corrected chi connectivity index (χ4v) is 2.72. The van der Waals surface area contributed by atoms with Crippen molar-refractivity contribution in [3.05, 3.63) is 60.2 Å². The number of ether oxygens (including phenoxy) is 1. The van der Waals surface area contributed by atoms with E-state index in [1.54, 1.807) is 48.4 Å². The SMILES string of the molecule is COCCN(Cc1cccc(OS(C)(=O)=O)c1)C(=O)Nc1ccccc1. The number of amides is 2. The number of carbonyl (C=O) groups excluding carboxylic acids is 1. The number of methoxy groups -OCH3 is 1. The van der Waals surface area contributed by atoms with Crippen molar-refractivity contribution in [2.24, 2.45) is 0 Å². The lowest BCUT2D eigenvalue weighted by Gasteiger charge is -2.23. The van der Waals surface area contributed by atoms with Crippen LogP contribution < -0.4 is 9.50 Å². The van der Waals surface area contributed by atoms with E-state index in [2.05, 4.69) is 5.32 Å². The Labute approximate surface area is 153 Å². The van der Waals surface area contributed by atoms with E-state index in [4.69, 9.17) is 8.92 Å². The number of nitrogens with zero attached hydrogens (tertiary/aromatic N) is 1. The van der Waals surface area contributed by atoms with Crippen molar-refractivity contribution >= 4 is 21.8 Å². The number of nitrogens with one attached hydrogen (secondary N) is 1. The zero-order valence-electron chi connectivity index (χ0n) is 14.7. The van der Waals surface area contributed by atoms with E-state index in [0.717, 1.165) is 11.8 Å². The van der Waals surface area contributed by atoms with Crippen LogP contribution in [0.2, 0.25) is 0 Å². The van der Waals surface area contributed by atoms with Crippen LogP contribution in [0.15, 0.2) is 54.6 Å². The number of hydrogen-bond donors (Lipinski definition) is 1. The molecule has 2 aromatic carbocycles. The van der Waals surface area contributed by atoms with Gasteiger partial charge in [0, 0.05) is 25.9 Å². The fraction of sp³-hybridized carbons (Fsp3) is 0.278. The average molecular weight is 378 g/mol. The number of rotatable bonds is 8. The van der Waals surface area contributed by atoms with Crippen molar-refractivity contribution in [3.63, 3.8) is 0 Å². The number of hydrogen-bond acceptors (Lipinski definition) is 5. The van der Waals surface area contributed by atoms with E-state index in [-0.39, 0.29) is 18.3 Å². The Hall–Kier alpha value is -2.58. The first-order chi connectivity index (χ1) is 12.4. The Morgan fingerprint density at radius 3 is 2.50 bits per heavy atom. The van der Waals surface area contributed by atoms with E-state index in [1.807, 2.05) is 18.2 Å². The molecule has 0 fully saturated rings. The molecule has 7 nitrogen and oxygen atoms in total. The molecule has 2 amide bonds. The third-order valence-electron chi connectivity index (χ3n) is 3.40. The van der Waals surface area contributed by atoms with Gasteiger partial charge in [0.05, 0.1) is 12.9 Å². The summed E-state index contributed by atoms with van der Waals surface area (Å²) in [6.45, 7) is 1.04. The Kier molecular flexibility index (Phi) is 6.99. The van der Waals surface area contributed by atoms with Gasteiger partial charge < -0.3 is 19.1 Å². The predicted molar refractivity (Wildman–Crippen MR) is 99.7 cm³/mol. The highest BCUT2D eigenvalue weighted by Crippen LogP contribution is 2.17. The van der Waals surface area contributed by atoms with Crippen molar-refractivity contribution in [1.82, 2.24) is 4.90 Å². The number of para-hydroxylation sites is 1. The minimum atomic E-state index is -3.61. The summed E-state index contributed by atoms with van der Waals surface area (Å²) in [5, 5.41) is 2.83. The maximum absolute atomic E-state index is 12.6. The minimum Gasteiger partial charge on any atom is -0.383 e. The van der Waals surface area contributed by atoms with Crippen LogP contribution in [0.4, 0.5) is 10.5 Å². The van der Waals surface area contributed by atoms with Crippen LogP contribution in [0.3, 0.4) is 0 Å². The summed E-state index contributed by atoms with van der Waals surface area (Å²) in [5.41, 5.74) is 1.43. The molecule has 0 atom stereocenters. The maximum atomic E-state index is 12.6. The van der Waals surface area contributed by atoms with E-state index in [0.29, 0.717) is 18.8 Å². The molecule has 2 aromatic rings. The topological polar surface area (TPSA) is 84.9 Å². The standard InChI is InChI=1S/C18H22N2O5S/c1-24-12-11-20(18(21)19-16-8-4-3-5-9-16)14-15-7-6-10-17(13-15)25-26(2,22)23/h3-10,13H,11-12,14H2,1-2H3,(H,19,21). The fourth-order valence-electron chi connectivity index (χ4n) is 2.27. The summed E-state index contributed by atoms with van der Waals surface area (Å²) in [5.74, 6) is 0.208.